The largest absolute Gasteiger partial charge is 0.476 e. The van der Waals surface area contributed by atoms with Crippen LogP contribution in [-0.2, 0) is 0 Å². The van der Waals surface area contributed by atoms with E-state index in [1.54, 1.807) is 11.8 Å². The van der Waals surface area contributed by atoms with E-state index in [1.807, 2.05) is 57.2 Å². The van der Waals surface area contributed by atoms with Crippen LogP contribution in [0, 0.1) is 20.8 Å². The Bertz CT molecular complexity index is 1320. The predicted octanol–water partition coefficient (Wildman–Crippen LogP) is 6.84. The third-order valence-electron chi connectivity index (χ3n) is 4.86. The molecule has 1 aromatic carbocycles. The van der Waals surface area contributed by atoms with Gasteiger partial charge >= 0.3 is 5.97 Å². The maximum atomic E-state index is 12.4. The molecular formula is C24H23ClN4O2S2. The topological polar surface area (TPSA) is 80.9 Å². The Labute approximate surface area is 205 Å². The highest BCUT2D eigenvalue weighted by Crippen LogP contribution is 2.41. The Hall–Kier alpha value is -2.68. The van der Waals surface area contributed by atoms with Gasteiger partial charge in [0.2, 0.25) is 5.13 Å². The number of nitrogens with zero attached hydrogens (tertiary/aromatic N) is 4. The highest BCUT2D eigenvalue weighted by atomic mass is 35.5. The lowest BCUT2D eigenvalue weighted by molar-refractivity contribution is 0.0688. The molecule has 33 heavy (non-hydrogen) atoms. The minimum atomic E-state index is -1.06. The first kappa shape index (κ1) is 23.5. The lowest BCUT2D eigenvalue weighted by Crippen LogP contribution is -2.09. The molecule has 4 aromatic rings. The summed E-state index contributed by atoms with van der Waals surface area (Å²) in [6, 6.07) is 11.3. The van der Waals surface area contributed by atoms with Crippen LogP contribution in [0.3, 0.4) is 0 Å². The lowest BCUT2D eigenvalue weighted by Gasteiger charge is -2.06. The number of thiazole rings is 1. The maximum Gasteiger partial charge on any atom is 0.355 e. The van der Waals surface area contributed by atoms with E-state index in [4.69, 9.17) is 16.6 Å². The number of benzene rings is 1. The molecule has 0 atom stereocenters. The molecule has 0 saturated heterocycles. The van der Waals surface area contributed by atoms with Crippen LogP contribution < -0.4 is 0 Å². The molecule has 0 aliphatic carbocycles. The number of aromatic carboxylic acids is 1. The fourth-order valence-electron chi connectivity index (χ4n) is 3.66. The average Bonchev–Trinajstić information content (AvgIpc) is 3.28. The summed E-state index contributed by atoms with van der Waals surface area (Å²) in [5.74, 6) is -1.06. The molecule has 0 amide bonds. The van der Waals surface area contributed by atoms with E-state index in [9.17, 15) is 9.90 Å². The van der Waals surface area contributed by atoms with Gasteiger partial charge in [0.25, 0.3) is 0 Å². The summed E-state index contributed by atoms with van der Waals surface area (Å²) in [7, 11) is 0. The molecule has 0 saturated carbocycles. The van der Waals surface area contributed by atoms with Crippen molar-refractivity contribution in [2.45, 2.75) is 44.1 Å². The number of pyridine rings is 1. The molecule has 0 bridgehead atoms. The standard InChI is InChI=1S/C24H23ClN4O2S2/c1-12(2)32-23-20(16-6-8-18(25)9-7-16)27-24(33-23)29-21(22(30)31)19(15(5)28-29)17-10-13(3)26-14(4)11-17/h6-12H,1-5H3,(H,30,31). The molecule has 0 aliphatic rings. The van der Waals surface area contributed by atoms with Gasteiger partial charge < -0.3 is 5.11 Å². The van der Waals surface area contributed by atoms with Crippen molar-refractivity contribution in [2.75, 3.05) is 0 Å². The average molecular weight is 499 g/mol. The van der Waals surface area contributed by atoms with Crippen LogP contribution in [0.4, 0.5) is 0 Å². The Kier molecular flexibility index (Phi) is 6.61. The molecule has 0 spiro atoms. The summed E-state index contributed by atoms with van der Waals surface area (Å²) in [4.78, 5) is 21.7. The van der Waals surface area contributed by atoms with Gasteiger partial charge in [-0.1, -0.05) is 48.9 Å². The quantitative estimate of drug-likeness (QED) is 0.293. The van der Waals surface area contributed by atoms with Gasteiger partial charge in [-0.2, -0.15) is 9.78 Å². The number of halogens is 1. The molecule has 0 aliphatic heterocycles. The predicted molar refractivity (Wildman–Crippen MR) is 135 cm³/mol. The van der Waals surface area contributed by atoms with Gasteiger partial charge in [-0.3, -0.25) is 4.98 Å². The molecular weight excluding hydrogens is 476 g/mol. The minimum absolute atomic E-state index is 0.0926. The van der Waals surface area contributed by atoms with Gasteiger partial charge in [-0.25, -0.2) is 9.78 Å². The van der Waals surface area contributed by atoms with Crippen LogP contribution in [0.15, 0.2) is 40.6 Å². The van der Waals surface area contributed by atoms with Crippen molar-refractivity contribution < 1.29 is 9.90 Å². The summed E-state index contributed by atoms with van der Waals surface area (Å²) in [6.45, 7) is 9.84. The molecule has 9 heteroatoms. The Morgan fingerprint density at radius 2 is 1.70 bits per heavy atom. The number of carboxylic acid groups (broad SMARTS) is 1. The number of hydrogen-bond donors (Lipinski definition) is 1. The highest BCUT2D eigenvalue weighted by Gasteiger charge is 2.27. The zero-order chi connectivity index (χ0) is 23.9. The van der Waals surface area contributed by atoms with Gasteiger partial charge in [0.15, 0.2) is 5.69 Å². The monoisotopic (exact) mass is 498 g/mol. The first-order chi connectivity index (χ1) is 15.6. The molecule has 3 heterocycles. The first-order valence-electron chi connectivity index (χ1n) is 10.4. The van der Waals surface area contributed by atoms with Gasteiger partial charge in [0.05, 0.1) is 15.6 Å². The number of carbonyl (C=O) groups is 1. The van der Waals surface area contributed by atoms with Crippen molar-refractivity contribution in [2.24, 2.45) is 0 Å². The fourth-order valence-corrected chi connectivity index (χ4v) is 6.26. The number of aryl methyl sites for hydroxylation is 3. The van der Waals surface area contributed by atoms with E-state index in [-0.39, 0.29) is 5.69 Å². The van der Waals surface area contributed by atoms with E-state index in [2.05, 4.69) is 23.9 Å². The SMILES string of the molecule is Cc1cc(-c2c(C)nn(-c3nc(-c4ccc(Cl)cc4)c(SC(C)C)s3)c2C(=O)O)cc(C)n1. The molecule has 3 aromatic heterocycles. The van der Waals surface area contributed by atoms with Crippen LogP contribution in [0.1, 0.15) is 41.4 Å². The normalized spacial score (nSPS) is 11.4. The molecule has 4 rings (SSSR count). The van der Waals surface area contributed by atoms with E-state index in [1.165, 1.54) is 16.0 Å². The molecule has 6 nitrogen and oxygen atoms in total. The van der Waals surface area contributed by atoms with Gasteiger partial charge in [-0.05, 0) is 50.6 Å². The van der Waals surface area contributed by atoms with Crippen molar-refractivity contribution in [3.8, 4) is 27.5 Å². The van der Waals surface area contributed by atoms with Crippen molar-refractivity contribution >= 4 is 40.7 Å². The van der Waals surface area contributed by atoms with Gasteiger partial charge in [0.1, 0.15) is 0 Å². The molecule has 0 fully saturated rings. The molecule has 0 radical (unpaired) electrons. The van der Waals surface area contributed by atoms with Gasteiger partial charge in [-0.15, -0.1) is 11.8 Å². The van der Waals surface area contributed by atoms with Crippen molar-refractivity contribution in [1.82, 2.24) is 19.7 Å². The number of rotatable bonds is 6. The zero-order valence-electron chi connectivity index (χ0n) is 18.9. The van der Waals surface area contributed by atoms with Crippen molar-refractivity contribution in [1.29, 1.82) is 0 Å². The second kappa shape index (κ2) is 9.29. The fraction of sp³-hybridized carbons (Fsp3) is 0.250. The second-order valence-corrected chi connectivity index (χ2v) is 11.2. The Morgan fingerprint density at radius 1 is 1.06 bits per heavy atom. The zero-order valence-corrected chi connectivity index (χ0v) is 21.3. The molecule has 0 unspecified atom stereocenters. The van der Waals surface area contributed by atoms with E-state index >= 15 is 0 Å². The smallest absolute Gasteiger partial charge is 0.355 e. The van der Waals surface area contributed by atoms with Crippen LogP contribution in [0.2, 0.25) is 5.02 Å². The summed E-state index contributed by atoms with van der Waals surface area (Å²) >= 11 is 9.20. The molecule has 1 N–H and O–H groups in total. The summed E-state index contributed by atoms with van der Waals surface area (Å²) in [6.07, 6.45) is 0. The van der Waals surface area contributed by atoms with Crippen LogP contribution in [0.25, 0.3) is 27.5 Å². The molecule has 170 valence electrons. The maximum absolute atomic E-state index is 12.4. The Morgan fingerprint density at radius 3 is 2.27 bits per heavy atom. The Balaban J connectivity index is 1.92. The second-order valence-electron chi connectivity index (χ2n) is 7.97. The highest BCUT2D eigenvalue weighted by molar-refractivity contribution is 8.01. The van der Waals surface area contributed by atoms with E-state index in [0.717, 1.165) is 32.4 Å². The number of hydrogen-bond acceptors (Lipinski definition) is 6. The van der Waals surface area contributed by atoms with E-state index in [0.29, 0.717) is 26.7 Å². The number of thioether (sulfide) groups is 1. The van der Waals surface area contributed by atoms with E-state index < -0.39 is 5.97 Å². The van der Waals surface area contributed by atoms with Crippen molar-refractivity contribution in [3.63, 3.8) is 0 Å². The van der Waals surface area contributed by atoms with Gasteiger partial charge in [0, 0.05) is 32.8 Å². The first-order valence-corrected chi connectivity index (χ1v) is 12.4. The number of carboxylic acids is 1. The third-order valence-corrected chi connectivity index (χ3v) is 7.35. The lowest BCUT2D eigenvalue weighted by atomic mass is 10.0. The van der Waals surface area contributed by atoms with Crippen LogP contribution >= 0.6 is 34.7 Å². The van der Waals surface area contributed by atoms with Crippen LogP contribution in [-0.4, -0.2) is 36.1 Å². The third kappa shape index (κ3) is 4.83. The summed E-state index contributed by atoms with van der Waals surface area (Å²) < 4.78 is 2.45. The summed E-state index contributed by atoms with van der Waals surface area (Å²) in [5.41, 5.74) is 5.45. The van der Waals surface area contributed by atoms with Crippen molar-refractivity contribution in [3.05, 3.63) is 64.2 Å². The summed E-state index contributed by atoms with van der Waals surface area (Å²) in [5, 5.41) is 16.3. The number of aromatic nitrogens is 4. The van der Waals surface area contributed by atoms with Crippen LogP contribution in [0.5, 0.6) is 0 Å². The minimum Gasteiger partial charge on any atom is -0.476 e.